The zero-order valence-corrected chi connectivity index (χ0v) is 12.1. The van der Waals surface area contributed by atoms with Crippen LogP contribution in [0.4, 0.5) is 11.4 Å². The summed E-state index contributed by atoms with van der Waals surface area (Å²) >= 11 is 5.78. The van der Waals surface area contributed by atoms with Crippen LogP contribution in [0.3, 0.4) is 0 Å². The van der Waals surface area contributed by atoms with Crippen LogP contribution >= 0.6 is 11.6 Å². The Labute approximate surface area is 124 Å². The zero-order chi connectivity index (χ0) is 16.2. The van der Waals surface area contributed by atoms with E-state index in [1.54, 1.807) is 14.1 Å². The molecule has 0 saturated heterocycles. The molecule has 1 aromatic carbocycles. The second-order valence-electron chi connectivity index (χ2n) is 4.40. The molecule has 0 radical (unpaired) electrons. The Morgan fingerprint density at radius 3 is 2.38 bits per heavy atom. The standard InChI is InChI=1S/C11H13ClN4O5/c1-14(2)4-3-13-11(17)8-5-7(15(18)19)6-9(10(8)12)16(20)21/h5-6H,3-4H2,1-2H3,(H,13,17). The van der Waals surface area contributed by atoms with E-state index in [-0.39, 0.29) is 12.1 Å². The van der Waals surface area contributed by atoms with Gasteiger partial charge in [0.1, 0.15) is 5.02 Å². The fourth-order valence-corrected chi connectivity index (χ4v) is 1.75. The quantitative estimate of drug-likeness (QED) is 0.626. The highest BCUT2D eigenvalue weighted by atomic mass is 35.5. The van der Waals surface area contributed by atoms with Gasteiger partial charge in [-0.1, -0.05) is 11.6 Å². The Hall–Kier alpha value is -2.26. The minimum absolute atomic E-state index is 0.276. The number of hydrogen-bond donors (Lipinski definition) is 1. The maximum absolute atomic E-state index is 11.9. The van der Waals surface area contributed by atoms with Crippen LogP contribution in [-0.2, 0) is 0 Å². The number of nitro groups is 2. The minimum Gasteiger partial charge on any atom is -0.351 e. The van der Waals surface area contributed by atoms with E-state index in [2.05, 4.69) is 5.32 Å². The lowest BCUT2D eigenvalue weighted by Gasteiger charge is -2.11. The van der Waals surface area contributed by atoms with E-state index in [0.29, 0.717) is 6.54 Å². The van der Waals surface area contributed by atoms with E-state index < -0.39 is 32.2 Å². The summed E-state index contributed by atoms with van der Waals surface area (Å²) in [6.45, 7) is 0.818. The Kier molecular flexibility index (Phi) is 5.56. The lowest BCUT2D eigenvalue weighted by Crippen LogP contribution is -2.31. The van der Waals surface area contributed by atoms with E-state index in [0.717, 1.165) is 12.1 Å². The molecule has 1 rings (SSSR count). The van der Waals surface area contributed by atoms with Crippen molar-refractivity contribution in [1.82, 2.24) is 10.2 Å². The number of nitro benzene ring substituents is 2. The fourth-order valence-electron chi connectivity index (χ4n) is 1.49. The van der Waals surface area contributed by atoms with Gasteiger partial charge in [0.25, 0.3) is 17.3 Å². The molecule has 10 heteroatoms. The van der Waals surface area contributed by atoms with Crippen LogP contribution in [-0.4, -0.2) is 47.8 Å². The predicted octanol–water partition coefficient (Wildman–Crippen LogP) is 1.45. The number of likely N-dealkylation sites (N-methyl/N-ethyl adjacent to an activating group) is 1. The predicted molar refractivity (Wildman–Crippen MR) is 75.6 cm³/mol. The highest BCUT2D eigenvalue weighted by Crippen LogP contribution is 2.32. The monoisotopic (exact) mass is 316 g/mol. The number of carbonyl (C=O) groups excluding carboxylic acids is 1. The second kappa shape index (κ2) is 6.95. The van der Waals surface area contributed by atoms with Crippen LogP contribution in [0.5, 0.6) is 0 Å². The SMILES string of the molecule is CN(C)CCNC(=O)c1cc([N+](=O)[O-])cc([N+](=O)[O-])c1Cl. The van der Waals surface area contributed by atoms with Crippen molar-refractivity contribution in [3.8, 4) is 0 Å². The Morgan fingerprint density at radius 2 is 1.90 bits per heavy atom. The lowest BCUT2D eigenvalue weighted by atomic mass is 10.1. The van der Waals surface area contributed by atoms with Gasteiger partial charge >= 0.3 is 0 Å². The summed E-state index contributed by atoms with van der Waals surface area (Å²) in [5, 5.41) is 23.7. The second-order valence-corrected chi connectivity index (χ2v) is 4.78. The number of nitrogens with zero attached hydrogens (tertiary/aromatic N) is 3. The number of nitrogens with one attached hydrogen (secondary N) is 1. The van der Waals surface area contributed by atoms with Gasteiger partial charge in [-0.15, -0.1) is 0 Å². The number of hydrogen-bond acceptors (Lipinski definition) is 6. The highest BCUT2D eigenvalue weighted by molar-refractivity contribution is 6.36. The van der Waals surface area contributed by atoms with Crippen LogP contribution < -0.4 is 5.32 Å². The van der Waals surface area contributed by atoms with Crippen LogP contribution in [0, 0.1) is 20.2 Å². The molecule has 21 heavy (non-hydrogen) atoms. The summed E-state index contributed by atoms with van der Waals surface area (Å²) in [6.07, 6.45) is 0. The van der Waals surface area contributed by atoms with Gasteiger partial charge in [-0.2, -0.15) is 0 Å². The molecular formula is C11H13ClN4O5. The van der Waals surface area contributed by atoms with Crippen molar-refractivity contribution in [1.29, 1.82) is 0 Å². The molecule has 1 N–H and O–H groups in total. The molecule has 0 unspecified atom stereocenters. The van der Waals surface area contributed by atoms with Crippen molar-refractivity contribution in [2.75, 3.05) is 27.2 Å². The van der Waals surface area contributed by atoms with Gasteiger partial charge in [-0.25, -0.2) is 0 Å². The van der Waals surface area contributed by atoms with Gasteiger partial charge in [0.2, 0.25) is 0 Å². The van der Waals surface area contributed by atoms with Crippen molar-refractivity contribution in [2.24, 2.45) is 0 Å². The highest BCUT2D eigenvalue weighted by Gasteiger charge is 2.26. The maximum atomic E-state index is 11.9. The van der Waals surface area contributed by atoms with Crippen molar-refractivity contribution >= 4 is 28.9 Å². The molecule has 0 heterocycles. The molecule has 0 fully saturated rings. The van der Waals surface area contributed by atoms with E-state index >= 15 is 0 Å². The summed E-state index contributed by atoms with van der Waals surface area (Å²) in [4.78, 5) is 33.7. The largest absolute Gasteiger partial charge is 0.351 e. The third-order valence-corrected chi connectivity index (χ3v) is 2.93. The van der Waals surface area contributed by atoms with Crippen molar-refractivity contribution in [3.05, 3.63) is 42.9 Å². The first-order chi connectivity index (χ1) is 9.73. The molecule has 0 bridgehead atoms. The Morgan fingerprint density at radius 1 is 1.29 bits per heavy atom. The number of benzene rings is 1. The average molecular weight is 317 g/mol. The number of non-ortho nitro benzene ring substituents is 1. The maximum Gasteiger partial charge on any atom is 0.295 e. The molecule has 0 saturated carbocycles. The topological polar surface area (TPSA) is 119 Å². The first-order valence-corrected chi connectivity index (χ1v) is 6.17. The van der Waals surface area contributed by atoms with Gasteiger partial charge in [-0.05, 0) is 14.1 Å². The van der Waals surface area contributed by atoms with Gasteiger partial charge in [-0.3, -0.25) is 25.0 Å². The van der Waals surface area contributed by atoms with Gasteiger partial charge in [0.15, 0.2) is 0 Å². The molecule has 0 aliphatic heterocycles. The summed E-state index contributed by atoms with van der Waals surface area (Å²) in [5.74, 6) is -0.700. The molecule has 0 atom stereocenters. The van der Waals surface area contributed by atoms with Gasteiger partial charge in [0, 0.05) is 19.2 Å². The number of amides is 1. The first kappa shape index (κ1) is 16.8. The summed E-state index contributed by atoms with van der Waals surface area (Å²) < 4.78 is 0. The summed E-state index contributed by atoms with van der Waals surface area (Å²) in [7, 11) is 3.61. The molecule has 1 aromatic rings. The Bertz CT molecular complexity index is 590. The van der Waals surface area contributed by atoms with Gasteiger partial charge < -0.3 is 10.2 Å². The summed E-state index contributed by atoms with van der Waals surface area (Å²) in [5.41, 5.74) is -1.54. The van der Waals surface area contributed by atoms with Crippen LogP contribution in [0.2, 0.25) is 5.02 Å². The smallest absolute Gasteiger partial charge is 0.295 e. The molecular weight excluding hydrogens is 304 g/mol. The average Bonchev–Trinajstić information content (AvgIpc) is 2.37. The lowest BCUT2D eigenvalue weighted by molar-refractivity contribution is -0.394. The van der Waals surface area contributed by atoms with Crippen molar-refractivity contribution in [2.45, 2.75) is 0 Å². The molecule has 0 aliphatic carbocycles. The normalized spacial score (nSPS) is 10.5. The zero-order valence-electron chi connectivity index (χ0n) is 11.3. The van der Waals surface area contributed by atoms with Crippen molar-refractivity contribution < 1.29 is 14.6 Å². The number of rotatable bonds is 6. The molecule has 114 valence electrons. The number of carbonyl (C=O) groups is 1. The van der Waals surface area contributed by atoms with E-state index in [1.165, 1.54) is 0 Å². The van der Waals surface area contributed by atoms with Crippen LogP contribution in [0.25, 0.3) is 0 Å². The first-order valence-electron chi connectivity index (χ1n) is 5.79. The Balaban J connectivity index is 3.12. The van der Waals surface area contributed by atoms with E-state index in [1.807, 2.05) is 4.90 Å². The molecule has 0 spiro atoms. The minimum atomic E-state index is -0.869. The fraction of sp³-hybridized carbons (Fsp3) is 0.364. The summed E-state index contributed by atoms with van der Waals surface area (Å²) in [6, 6.07) is 1.64. The van der Waals surface area contributed by atoms with E-state index in [4.69, 9.17) is 11.6 Å². The van der Waals surface area contributed by atoms with Crippen LogP contribution in [0.15, 0.2) is 12.1 Å². The third kappa shape index (κ3) is 4.36. The molecule has 0 aromatic heterocycles. The van der Waals surface area contributed by atoms with Gasteiger partial charge in [0.05, 0.1) is 21.5 Å². The van der Waals surface area contributed by atoms with E-state index in [9.17, 15) is 25.0 Å². The third-order valence-electron chi connectivity index (χ3n) is 2.53. The number of halogens is 1. The molecule has 9 nitrogen and oxygen atoms in total. The molecule has 1 amide bonds. The van der Waals surface area contributed by atoms with Crippen LogP contribution in [0.1, 0.15) is 10.4 Å². The van der Waals surface area contributed by atoms with Crippen molar-refractivity contribution in [3.63, 3.8) is 0 Å². The molecule has 0 aliphatic rings.